The molecule has 31 heavy (non-hydrogen) atoms. The SMILES string of the molecule is Cc1cc(OC(C)C(=O)N2CCCC(c3nc(-c4cccc(F)c4)no3)C2)ccc1Cl. The summed E-state index contributed by atoms with van der Waals surface area (Å²) in [5.74, 6) is 0.877. The molecule has 0 N–H and O–H groups in total. The van der Waals surface area contributed by atoms with Gasteiger partial charge in [-0.15, -0.1) is 0 Å². The fourth-order valence-electron chi connectivity index (χ4n) is 3.73. The highest BCUT2D eigenvalue weighted by Gasteiger charge is 2.31. The summed E-state index contributed by atoms with van der Waals surface area (Å²) in [7, 11) is 0. The molecule has 0 spiro atoms. The van der Waals surface area contributed by atoms with Gasteiger partial charge in [-0.25, -0.2) is 4.39 Å². The van der Waals surface area contributed by atoms with E-state index in [9.17, 15) is 9.18 Å². The molecule has 4 rings (SSSR count). The lowest BCUT2D eigenvalue weighted by Crippen LogP contribution is -2.45. The Morgan fingerprint density at radius 1 is 1.32 bits per heavy atom. The van der Waals surface area contributed by atoms with Gasteiger partial charge in [0.2, 0.25) is 11.7 Å². The fourth-order valence-corrected chi connectivity index (χ4v) is 3.84. The minimum Gasteiger partial charge on any atom is -0.481 e. The zero-order valence-corrected chi connectivity index (χ0v) is 18.1. The molecule has 0 radical (unpaired) electrons. The molecular weight excluding hydrogens is 421 g/mol. The molecule has 0 bridgehead atoms. The normalized spacial score (nSPS) is 17.4. The summed E-state index contributed by atoms with van der Waals surface area (Å²) in [4.78, 5) is 19.2. The number of aryl methyl sites for hydroxylation is 1. The molecule has 1 aliphatic heterocycles. The number of carbonyl (C=O) groups is 1. The van der Waals surface area contributed by atoms with Gasteiger partial charge in [-0.3, -0.25) is 4.79 Å². The van der Waals surface area contributed by atoms with Crippen molar-refractivity contribution >= 4 is 17.5 Å². The second-order valence-electron chi connectivity index (χ2n) is 7.76. The number of ether oxygens (including phenoxy) is 1. The number of piperidine rings is 1. The van der Waals surface area contributed by atoms with Gasteiger partial charge >= 0.3 is 0 Å². The van der Waals surface area contributed by atoms with Gasteiger partial charge in [0.25, 0.3) is 5.91 Å². The quantitative estimate of drug-likeness (QED) is 0.554. The van der Waals surface area contributed by atoms with Gasteiger partial charge < -0.3 is 14.2 Å². The molecule has 0 saturated carbocycles. The molecule has 2 atom stereocenters. The van der Waals surface area contributed by atoms with E-state index in [0.717, 1.165) is 18.4 Å². The van der Waals surface area contributed by atoms with Crippen LogP contribution in [-0.4, -0.2) is 40.1 Å². The van der Waals surface area contributed by atoms with Crippen LogP contribution in [0, 0.1) is 12.7 Å². The molecule has 1 fully saturated rings. The molecule has 2 unspecified atom stereocenters. The van der Waals surface area contributed by atoms with E-state index in [1.807, 2.05) is 13.0 Å². The number of carbonyl (C=O) groups excluding carboxylic acids is 1. The van der Waals surface area contributed by atoms with Crippen LogP contribution in [0.3, 0.4) is 0 Å². The number of hydrogen-bond acceptors (Lipinski definition) is 5. The van der Waals surface area contributed by atoms with Crippen molar-refractivity contribution in [3.05, 3.63) is 64.8 Å². The van der Waals surface area contributed by atoms with Crippen molar-refractivity contribution in [1.82, 2.24) is 15.0 Å². The number of benzene rings is 2. The molecule has 162 valence electrons. The van der Waals surface area contributed by atoms with Crippen LogP contribution in [0.5, 0.6) is 5.75 Å². The van der Waals surface area contributed by atoms with E-state index >= 15 is 0 Å². The molecule has 1 saturated heterocycles. The average molecular weight is 444 g/mol. The van der Waals surface area contributed by atoms with Gasteiger partial charge in [0, 0.05) is 23.7 Å². The van der Waals surface area contributed by atoms with Gasteiger partial charge in [0.1, 0.15) is 11.6 Å². The average Bonchev–Trinajstić information content (AvgIpc) is 3.26. The molecule has 3 aromatic rings. The maximum Gasteiger partial charge on any atom is 0.263 e. The summed E-state index contributed by atoms with van der Waals surface area (Å²) < 4.78 is 24.8. The molecule has 2 aromatic carbocycles. The largest absolute Gasteiger partial charge is 0.481 e. The van der Waals surface area contributed by atoms with Crippen LogP contribution in [0.2, 0.25) is 5.02 Å². The van der Waals surface area contributed by atoms with E-state index in [4.69, 9.17) is 20.9 Å². The van der Waals surface area contributed by atoms with Crippen LogP contribution in [0.15, 0.2) is 47.0 Å². The van der Waals surface area contributed by atoms with Gasteiger partial charge in [-0.1, -0.05) is 28.9 Å². The third kappa shape index (κ3) is 4.88. The summed E-state index contributed by atoms with van der Waals surface area (Å²) in [6, 6.07) is 11.4. The van der Waals surface area contributed by atoms with Crippen molar-refractivity contribution in [2.45, 2.75) is 38.7 Å². The topological polar surface area (TPSA) is 68.5 Å². The van der Waals surface area contributed by atoms with E-state index in [0.29, 0.717) is 41.1 Å². The first-order valence-corrected chi connectivity index (χ1v) is 10.6. The van der Waals surface area contributed by atoms with Crippen LogP contribution < -0.4 is 4.74 Å². The Morgan fingerprint density at radius 2 is 2.16 bits per heavy atom. The number of hydrogen-bond donors (Lipinski definition) is 0. The fraction of sp³-hybridized carbons (Fsp3) is 0.348. The number of rotatable bonds is 5. The molecule has 1 aliphatic rings. The Labute approximate surface area is 185 Å². The van der Waals surface area contributed by atoms with Crippen molar-refractivity contribution in [2.24, 2.45) is 0 Å². The van der Waals surface area contributed by atoms with Gasteiger partial charge in [0.05, 0.1) is 5.92 Å². The third-order valence-corrected chi connectivity index (χ3v) is 5.82. The highest BCUT2D eigenvalue weighted by Crippen LogP contribution is 2.29. The molecule has 6 nitrogen and oxygen atoms in total. The summed E-state index contributed by atoms with van der Waals surface area (Å²) in [5.41, 5.74) is 1.45. The Hall–Kier alpha value is -2.93. The van der Waals surface area contributed by atoms with E-state index < -0.39 is 6.10 Å². The van der Waals surface area contributed by atoms with Gasteiger partial charge in [-0.2, -0.15) is 4.98 Å². The minimum atomic E-state index is -0.634. The first-order valence-electron chi connectivity index (χ1n) is 10.2. The molecular formula is C23H23ClFN3O3. The van der Waals surface area contributed by atoms with E-state index in [-0.39, 0.29) is 17.6 Å². The summed E-state index contributed by atoms with van der Waals surface area (Å²) in [6.07, 6.45) is 1.02. The molecule has 2 heterocycles. The predicted octanol–water partition coefficient (Wildman–Crippen LogP) is 5.01. The summed E-state index contributed by atoms with van der Waals surface area (Å²) >= 11 is 6.06. The Bertz CT molecular complexity index is 1090. The van der Waals surface area contributed by atoms with E-state index in [1.54, 1.807) is 36.1 Å². The second kappa shape index (κ2) is 9.06. The highest BCUT2D eigenvalue weighted by molar-refractivity contribution is 6.31. The lowest BCUT2D eigenvalue weighted by atomic mass is 9.97. The number of amides is 1. The zero-order valence-electron chi connectivity index (χ0n) is 17.3. The smallest absolute Gasteiger partial charge is 0.263 e. The number of halogens is 2. The van der Waals surface area contributed by atoms with Crippen LogP contribution in [0.4, 0.5) is 4.39 Å². The lowest BCUT2D eigenvalue weighted by molar-refractivity contribution is -0.139. The first-order chi connectivity index (χ1) is 14.9. The van der Waals surface area contributed by atoms with Crippen LogP contribution in [0.25, 0.3) is 11.4 Å². The highest BCUT2D eigenvalue weighted by atomic mass is 35.5. The molecule has 8 heteroatoms. The lowest BCUT2D eigenvalue weighted by Gasteiger charge is -2.32. The molecule has 0 aliphatic carbocycles. The monoisotopic (exact) mass is 443 g/mol. The number of likely N-dealkylation sites (tertiary alicyclic amines) is 1. The van der Waals surface area contributed by atoms with Crippen molar-refractivity contribution in [1.29, 1.82) is 0 Å². The predicted molar refractivity (Wildman–Crippen MR) is 115 cm³/mol. The van der Waals surface area contributed by atoms with Crippen molar-refractivity contribution in [2.75, 3.05) is 13.1 Å². The Kier molecular flexibility index (Phi) is 6.23. The molecule has 1 amide bonds. The van der Waals surface area contributed by atoms with Gasteiger partial charge in [0.15, 0.2) is 6.10 Å². The van der Waals surface area contributed by atoms with Crippen LogP contribution in [-0.2, 0) is 4.79 Å². The molecule has 1 aromatic heterocycles. The standard InChI is InChI=1S/C23H23ClFN3O3/c1-14-11-19(8-9-20(14)24)30-15(2)23(29)28-10-4-6-17(13-28)22-26-21(27-31-22)16-5-3-7-18(25)12-16/h3,5,7-9,11-12,15,17H,4,6,10,13H2,1-2H3. The Morgan fingerprint density at radius 3 is 2.94 bits per heavy atom. The zero-order chi connectivity index (χ0) is 22.0. The maximum absolute atomic E-state index is 13.5. The van der Waals surface area contributed by atoms with Gasteiger partial charge in [-0.05, 0) is 62.6 Å². The van der Waals surface area contributed by atoms with E-state index in [2.05, 4.69) is 10.1 Å². The first kappa shape index (κ1) is 21.3. The van der Waals surface area contributed by atoms with Crippen LogP contribution >= 0.6 is 11.6 Å². The maximum atomic E-state index is 13.5. The minimum absolute atomic E-state index is 0.0718. The van der Waals surface area contributed by atoms with Crippen molar-refractivity contribution in [3.63, 3.8) is 0 Å². The van der Waals surface area contributed by atoms with Crippen molar-refractivity contribution in [3.8, 4) is 17.1 Å². The summed E-state index contributed by atoms with van der Waals surface area (Å²) in [6.45, 7) is 4.74. The second-order valence-corrected chi connectivity index (χ2v) is 8.17. The Balaban J connectivity index is 1.42. The van der Waals surface area contributed by atoms with E-state index in [1.165, 1.54) is 12.1 Å². The number of nitrogens with zero attached hydrogens (tertiary/aromatic N) is 3. The van der Waals surface area contributed by atoms with Crippen molar-refractivity contribution < 1.29 is 18.4 Å². The van der Waals surface area contributed by atoms with Crippen LogP contribution in [0.1, 0.15) is 37.1 Å². The summed E-state index contributed by atoms with van der Waals surface area (Å²) in [5, 5.41) is 4.64. The third-order valence-electron chi connectivity index (χ3n) is 5.40. The number of aromatic nitrogens is 2.